The van der Waals surface area contributed by atoms with Gasteiger partial charge in [-0.2, -0.15) is 0 Å². The third kappa shape index (κ3) is 12.0. The summed E-state index contributed by atoms with van der Waals surface area (Å²) in [5, 5.41) is 2.53. The number of Topliss-reactive ketones (excluding diaryl/α,β-unsaturated/α-hetero) is 1. The molecule has 0 aliphatic rings. The van der Waals surface area contributed by atoms with E-state index in [9.17, 15) is 4.79 Å². The highest BCUT2D eigenvalue weighted by Crippen LogP contribution is 2.40. The average Bonchev–Trinajstić information content (AvgIpc) is 3.03. The minimum atomic E-state index is -2.58. The van der Waals surface area contributed by atoms with Gasteiger partial charge in [0.15, 0.2) is 16.6 Å². The number of allylic oxidation sites excluding steroid dienone is 1. The van der Waals surface area contributed by atoms with Crippen LogP contribution in [0.4, 0.5) is 0 Å². The van der Waals surface area contributed by atoms with Crippen molar-refractivity contribution in [2.24, 2.45) is 5.92 Å². The molecular weight excluding hydrogens is 653 g/mol. The fourth-order valence-corrected chi connectivity index (χ4v) is 15.1. The molecule has 0 saturated carbocycles. The Hall–Kier alpha value is -2.06. The molecule has 0 aliphatic heterocycles. The molecule has 0 bridgehead atoms. The largest absolute Gasteiger partial charge is 0.417 e. The van der Waals surface area contributed by atoms with Crippen LogP contribution in [0.25, 0.3) is 0 Å². The first-order valence-electron chi connectivity index (χ1n) is 18.6. The van der Waals surface area contributed by atoms with E-state index in [0.717, 1.165) is 24.6 Å². The predicted octanol–water partition coefficient (Wildman–Crippen LogP) is 10.3. The predicted molar refractivity (Wildman–Crippen MR) is 218 cm³/mol. The van der Waals surface area contributed by atoms with Crippen LogP contribution in [0.2, 0.25) is 41.3 Å². The van der Waals surface area contributed by atoms with Crippen LogP contribution in [0.15, 0.2) is 72.8 Å². The Kier molecular flexibility index (Phi) is 16.2. The van der Waals surface area contributed by atoms with Crippen LogP contribution in [0.5, 0.6) is 0 Å². The fraction of sp³-hybridized carbons (Fsp3) is 0.595. The third-order valence-corrected chi connectivity index (χ3v) is 25.0. The van der Waals surface area contributed by atoms with E-state index in [0.29, 0.717) is 26.1 Å². The van der Waals surface area contributed by atoms with Crippen molar-refractivity contribution in [3.63, 3.8) is 0 Å². The van der Waals surface area contributed by atoms with Crippen molar-refractivity contribution in [3.8, 4) is 11.8 Å². The molecular formula is C42H68O4Si3. The summed E-state index contributed by atoms with van der Waals surface area (Å²) in [6.07, 6.45) is 6.16. The summed E-state index contributed by atoms with van der Waals surface area (Å²) in [5.74, 6) is 6.48. The third-order valence-electron chi connectivity index (χ3n) is 10.7. The summed E-state index contributed by atoms with van der Waals surface area (Å²) in [5.41, 5.74) is -0.727. The van der Waals surface area contributed by atoms with Crippen LogP contribution in [-0.4, -0.2) is 49.6 Å². The number of ketones is 1. The first-order valence-corrected chi connectivity index (χ1v) is 25.9. The van der Waals surface area contributed by atoms with E-state index >= 15 is 0 Å². The van der Waals surface area contributed by atoms with Crippen molar-refractivity contribution < 1.29 is 18.1 Å². The lowest BCUT2D eigenvalue weighted by Gasteiger charge is -2.42. The van der Waals surface area contributed by atoms with Crippen LogP contribution < -0.4 is 10.4 Å². The van der Waals surface area contributed by atoms with Gasteiger partial charge in [-0.25, -0.2) is 0 Å². The van der Waals surface area contributed by atoms with E-state index in [1.807, 2.05) is 0 Å². The summed E-state index contributed by atoms with van der Waals surface area (Å²) in [7, 11) is -6.44. The maximum absolute atomic E-state index is 13.2. The smallest absolute Gasteiger partial charge is 0.261 e. The zero-order valence-electron chi connectivity index (χ0n) is 33.3. The second-order valence-electron chi connectivity index (χ2n) is 16.6. The Bertz CT molecular complexity index is 1330. The van der Waals surface area contributed by atoms with Crippen LogP contribution in [0.3, 0.4) is 0 Å². The minimum absolute atomic E-state index is 0.0326. The average molecular weight is 721 g/mol. The molecule has 4 nitrogen and oxygen atoms in total. The molecule has 272 valence electrons. The van der Waals surface area contributed by atoms with Crippen LogP contribution in [0.1, 0.15) is 95.4 Å². The summed E-state index contributed by atoms with van der Waals surface area (Å²) >= 11 is 0. The molecule has 2 atom stereocenters. The SMILES string of the molecule is CC[Si](CC)(CC)OCC[C@](C)(C#CC(=O)C[C@@H](C)C/C=C/CO[Si](c1ccccc1)(c1ccccc1)C(C)(C)C)O[Si](C)(C)C(C)(C)C. The quantitative estimate of drug-likeness (QED) is 0.0666. The van der Waals surface area contributed by atoms with Gasteiger partial charge in [0.1, 0.15) is 5.60 Å². The molecule has 0 fully saturated rings. The van der Waals surface area contributed by atoms with Gasteiger partial charge in [0.2, 0.25) is 5.78 Å². The van der Waals surface area contributed by atoms with Gasteiger partial charge in [0.05, 0.1) is 6.61 Å². The Morgan fingerprint density at radius 3 is 1.73 bits per heavy atom. The number of hydrogen-bond acceptors (Lipinski definition) is 4. The molecule has 0 aliphatic carbocycles. The molecule has 49 heavy (non-hydrogen) atoms. The number of rotatable bonds is 18. The zero-order chi connectivity index (χ0) is 37.0. The van der Waals surface area contributed by atoms with Crippen molar-refractivity contribution in [2.75, 3.05) is 13.2 Å². The van der Waals surface area contributed by atoms with Gasteiger partial charge >= 0.3 is 0 Å². The second kappa shape index (κ2) is 18.4. The fourth-order valence-electron chi connectivity index (χ4n) is 6.36. The van der Waals surface area contributed by atoms with Crippen molar-refractivity contribution in [3.05, 3.63) is 72.8 Å². The van der Waals surface area contributed by atoms with E-state index in [1.165, 1.54) is 10.4 Å². The molecule has 0 radical (unpaired) electrons. The van der Waals surface area contributed by atoms with E-state index in [2.05, 4.69) is 174 Å². The molecule has 0 amide bonds. The number of carbonyl (C=O) groups excluding carboxylic acids is 1. The van der Waals surface area contributed by atoms with Gasteiger partial charge in [-0.3, -0.25) is 4.79 Å². The molecule has 0 spiro atoms. The lowest BCUT2D eigenvalue weighted by molar-refractivity contribution is -0.114. The number of hydrogen-bond donors (Lipinski definition) is 0. The highest BCUT2D eigenvalue weighted by atomic mass is 28.4. The van der Waals surface area contributed by atoms with E-state index in [4.69, 9.17) is 13.3 Å². The molecule has 2 rings (SSSR count). The maximum atomic E-state index is 13.2. The van der Waals surface area contributed by atoms with Gasteiger partial charge in [0.25, 0.3) is 8.32 Å². The lowest BCUT2D eigenvalue weighted by atomic mass is 9.99. The van der Waals surface area contributed by atoms with Crippen LogP contribution in [0, 0.1) is 17.8 Å². The Morgan fingerprint density at radius 2 is 1.29 bits per heavy atom. The Balaban J connectivity index is 2.14. The summed E-state index contributed by atoms with van der Waals surface area (Å²) in [6.45, 7) is 30.2. The molecule has 0 unspecified atom stereocenters. The molecule has 0 aromatic heterocycles. The highest BCUT2D eigenvalue weighted by molar-refractivity contribution is 6.99. The Labute approximate surface area is 304 Å². The van der Waals surface area contributed by atoms with Gasteiger partial charge < -0.3 is 13.3 Å². The Morgan fingerprint density at radius 1 is 0.776 bits per heavy atom. The first kappa shape index (κ1) is 43.1. The number of carbonyl (C=O) groups is 1. The van der Waals surface area contributed by atoms with Crippen molar-refractivity contribution >= 4 is 41.1 Å². The highest BCUT2D eigenvalue weighted by Gasteiger charge is 2.50. The van der Waals surface area contributed by atoms with E-state index in [1.54, 1.807) is 0 Å². The monoisotopic (exact) mass is 720 g/mol. The maximum Gasteiger partial charge on any atom is 0.261 e. The molecule has 0 saturated heterocycles. The molecule has 0 heterocycles. The van der Waals surface area contributed by atoms with Gasteiger partial charge in [-0.1, -0.05) is 148 Å². The van der Waals surface area contributed by atoms with Crippen LogP contribution >= 0.6 is 0 Å². The van der Waals surface area contributed by atoms with Crippen molar-refractivity contribution in [2.45, 2.75) is 142 Å². The first-order chi connectivity index (χ1) is 22.8. The molecule has 2 aromatic carbocycles. The van der Waals surface area contributed by atoms with Crippen molar-refractivity contribution in [1.82, 2.24) is 0 Å². The summed E-state index contributed by atoms with van der Waals surface area (Å²) < 4.78 is 20.5. The standard InChI is InChI=1S/C42H68O4Si3/c1-14-48(15-2,16-3)44-34-32-42(11,46-47(12,13)40(5,6)7)31-30-37(43)35-36(4)25-23-24-33-45-49(41(8,9)10,38-26-19-17-20-27-38)39-28-21-18-22-29-39/h17-24,26-29,36H,14-16,25,32-35H2,1-13H3/b24-23+/t36-,42-/m0/s1. The van der Waals surface area contributed by atoms with Crippen molar-refractivity contribution in [1.29, 1.82) is 0 Å². The molecule has 7 heteroatoms. The van der Waals surface area contributed by atoms with Gasteiger partial charge in [-0.05, 0) is 76.9 Å². The zero-order valence-corrected chi connectivity index (χ0v) is 36.3. The topological polar surface area (TPSA) is 44.8 Å². The number of benzene rings is 2. The lowest BCUT2D eigenvalue weighted by Crippen LogP contribution is -2.66. The summed E-state index contributed by atoms with van der Waals surface area (Å²) in [4.78, 5) is 13.2. The molecule has 2 aromatic rings. The van der Waals surface area contributed by atoms with Gasteiger partial charge in [0, 0.05) is 19.4 Å². The normalized spacial score (nSPS) is 15.0. The molecule has 0 N–H and O–H groups in total. The van der Waals surface area contributed by atoms with E-state index in [-0.39, 0.29) is 21.8 Å². The second-order valence-corrected chi connectivity index (χ2v) is 30.4. The summed E-state index contributed by atoms with van der Waals surface area (Å²) in [6, 6.07) is 24.8. The van der Waals surface area contributed by atoms with Gasteiger partial charge in [-0.15, -0.1) is 0 Å². The van der Waals surface area contributed by atoms with E-state index < -0.39 is 30.6 Å². The minimum Gasteiger partial charge on any atom is -0.417 e. The van der Waals surface area contributed by atoms with Crippen LogP contribution in [-0.2, 0) is 18.1 Å².